The summed E-state index contributed by atoms with van der Waals surface area (Å²) in [6, 6.07) is 1.57. The van der Waals surface area contributed by atoms with Crippen molar-refractivity contribution in [3.63, 3.8) is 0 Å². The fourth-order valence-electron chi connectivity index (χ4n) is 2.42. The van der Waals surface area contributed by atoms with Crippen LogP contribution in [0.2, 0.25) is 0 Å². The van der Waals surface area contributed by atoms with Gasteiger partial charge in [0.1, 0.15) is 0 Å². The van der Waals surface area contributed by atoms with Crippen molar-refractivity contribution in [2.75, 3.05) is 33.2 Å². The molecule has 1 saturated heterocycles. The zero-order chi connectivity index (χ0) is 13.8. The lowest BCUT2D eigenvalue weighted by molar-refractivity contribution is 0.145. The average molecular weight is 265 g/mol. The summed E-state index contributed by atoms with van der Waals surface area (Å²) in [5.74, 6) is -0.157. The summed E-state index contributed by atoms with van der Waals surface area (Å²) < 4.78 is 2.00. The fourth-order valence-corrected chi connectivity index (χ4v) is 2.42. The number of hydrogen-bond acceptors (Lipinski definition) is 4. The average Bonchev–Trinajstić information content (AvgIpc) is 2.38. The minimum atomic E-state index is -0.281. The molecule has 1 fully saturated rings. The van der Waals surface area contributed by atoms with Crippen LogP contribution < -0.4 is 5.43 Å². The molecule has 0 aromatic carbocycles. The maximum atomic E-state index is 11.6. The molecule has 19 heavy (non-hydrogen) atoms. The summed E-state index contributed by atoms with van der Waals surface area (Å²) >= 11 is 0. The molecule has 0 radical (unpaired) electrons. The highest BCUT2D eigenvalue weighted by atomic mass is 16.3. The molecule has 1 aliphatic rings. The molecule has 0 unspecified atom stereocenters. The van der Waals surface area contributed by atoms with Crippen LogP contribution in [0.5, 0.6) is 5.75 Å². The molecular formula is C14H23N3O2. The first-order chi connectivity index (χ1) is 9.10. The highest BCUT2D eigenvalue weighted by molar-refractivity contribution is 5.20. The SMILES string of the molecule is CCCn1cc(O)c(=O)cc1CN1CCN(C)CC1. The lowest BCUT2D eigenvalue weighted by Gasteiger charge is -2.32. The topological polar surface area (TPSA) is 48.7 Å². The number of nitrogens with zero attached hydrogens (tertiary/aromatic N) is 3. The normalized spacial score (nSPS) is 17.8. The van der Waals surface area contributed by atoms with Gasteiger partial charge < -0.3 is 14.6 Å². The lowest BCUT2D eigenvalue weighted by atomic mass is 10.2. The Morgan fingerprint density at radius 3 is 2.58 bits per heavy atom. The molecule has 1 aromatic rings. The van der Waals surface area contributed by atoms with E-state index < -0.39 is 0 Å². The van der Waals surface area contributed by atoms with Crippen LogP contribution in [0.3, 0.4) is 0 Å². The minimum absolute atomic E-state index is 0.157. The second-order valence-corrected chi connectivity index (χ2v) is 5.29. The van der Waals surface area contributed by atoms with Crippen molar-refractivity contribution in [3.8, 4) is 5.75 Å². The Kier molecular flexibility index (Phi) is 4.61. The van der Waals surface area contributed by atoms with Crippen molar-refractivity contribution in [1.82, 2.24) is 14.4 Å². The third-order valence-electron chi connectivity index (χ3n) is 3.64. The van der Waals surface area contributed by atoms with E-state index in [0.29, 0.717) is 0 Å². The first-order valence-electron chi connectivity index (χ1n) is 6.93. The van der Waals surface area contributed by atoms with E-state index in [-0.39, 0.29) is 11.2 Å². The van der Waals surface area contributed by atoms with Gasteiger partial charge in [0.25, 0.3) is 0 Å². The van der Waals surface area contributed by atoms with E-state index in [1.807, 2.05) is 4.57 Å². The van der Waals surface area contributed by atoms with Gasteiger partial charge in [0.15, 0.2) is 5.75 Å². The Morgan fingerprint density at radius 2 is 1.95 bits per heavy atom. The molecule has 1 N–H and O–H groups in total. The van der Waals surface area contributed by atoms with Gasteiger partial charge in [-0.05, 0) is 13.5 Å². The van der Waals surface area contributed by atoms with Crippen LogP contribution in [0.25, 0.3) is 0 Å². The number of likely N-dealkylation sites (N-methyl/N-ethyl adjacent to an activating group) is 1. The zero-order valence-electron chi connectivity index (χ0n) is 11.8. The first-order valence-corrected chi connectivity index (χ1v) is 6.93. The molecule has 1 aliphatic heterocycles. The highest BCUT2D eigenvalue weighted by Crippen LogP contribution is 2.10. The summed E-state index contributed by atoms with van der Waals surface area (Å²) in [4.78, 5) is 16.3. The van der Waals surface area contributed by atoms with E-state index in [2.05, 4.69) is 23.8 Å². The fraction of sp³-hybridized carbons (Fsp3) is 0.643. The molecule has 2 heterocycles. The van der Waals surface area contributed by atoms with Crippen LogP contribution in [0, 0.1) is 0 Å². The van der Waals surface area contributed by atoms with Crippen molar-refractivity contribution < 1.29 is 5.11 Å². The Hall–Kier alpha value is -1.33. The molecule has 0 aliphatic carbocycles. The molecule has 0 amide bonds. The van der Waals surface area contributed by atoms with Gasteiger partial charge in [-0.1, -0.05) is 6.92 Å². The van der Waals surface area contributed by atoms with E-state index in [4.69, 9.17) is 0 Å². The lowest BCUT2D eigenvalue weighted by Crippen LogP contribution is -2.44. The minimum Gasteiger partial charge on any atom is -0.503 e. The first kappa shape index (κ1) is 14.1. The smallest absolute Gasteiger partial charge is 0.223 e. The highest BCUT2D eigenvalue weighted by Gasteiger charge is 2.15. The number of aromatic hydroxyl groups is 1. The van der Waals surface area contributed by atoms with Gasteiger partial charge in [-0.15, -0.1) is 0 Å². The number of aromatic nitrogens is 1. The van der Waals surface area contributed by atoms with Gasteiger partial charge >= 0.3 is 0 Å². The van der Waals surface area contributed by atoms with Gasteiger partial charge in [-0.3, -0.25) is 9.69 Å². The van der Waals surface area contributed by atoms with E-state index in [1.54, 1.807) is 12.3 Å². The Bertz CT molecular complexity index is 476. The van der Waals surface area contributed by atoms with Crippen molar-refractivity contribution in [2.45, 2.75) is 26.4 Å². The Morgan fingerprint density at radius 1 is 1.26 bits per heavy atom. The van der Waals surface area contributed by atoms with Gasteiger partial charge in [0, 0.05) is 51.0 Å². The van der Waals surface area contributed by atoms with Crippen LogP contribution in [0.15, 0.2) is 17.1 Å². The Balaban J connectivity index is 2.14. The van der Waals surface area contributed by atoms with Crippen LogP contribution >= 0.6 is 0 Å². The predicted molar refractivity (Wildman–Crippen MR) is 75.4 cm³/mol. The molecule has 106 valence electrons. The van der Waals surface area contributed by atoms with E-state index in [9.17, 15) is 9.90 Å². The van der Waals surface area contributed by atoms with Crippen LogP contribution in [0.1, 0.15) is 19.0 Å². The predicted octanol–water partition coefficient (Wildman–Crippen LogP) is 0.711. The van der Waals surface area contributed by atoms with Crippen LogP contribution in [0.4, 0.5) is 0 Å². The van der Waals surface area contributed by atoms with Gasteiger partial charge in [-0.25, -0.2) is 0 Å². The second kappa shape index (κ2) is 6.21. The molecular weight excluding hydrogens is 242 g/mol. The summed E-state index contributed by atoms with van der Waals surface area (Å²) in [7, 11) is 2.13. The molecule has 0 saturated carbocycles. The second-order valence-electron chi connectivity index (χ2n) is 5.29. The summed E-state index contributed by atoms with van der Waals surface area (Å²) in [5, 5.41) is 9.54. The summed E-state index contributed by atoms with van der Waals surface area (Å²) in [6.45, 7) is 7.89. The molecule has 0 atom stereocenters. The van der Waals surface area contributed by atoms with Crippen LogP contribution in [-0.4, -0.2) is 52.7 Å². The van der Waals surface area contributed by atoms with E-state index >= 15 is 0 Å². The standard InChI is InChI=1S/C14H23N3O2/c1-3-4-17-11-14(19)13(18)9-12(17)10-16-7-5-15(2)6-8-16/h9,11,19H,3-8,10H2,1-2H3. The van der Waals surface area contributed by atoms with Crippen molar-refractivity contribution >= 4 is 0 Å². The maximum absolute atomic E-state index is 11.6. The van der Waals surface area contributed by atoms with Crippen molar-refractivity contribution in [2.24, 2.45) is 0 Å². The summed E-state index contributed by atoms with van der Waals surface area (Å²) in [5.41, 5.74) is 0.714. The zero-order valence-corrected chi connectivity index (χ0v) is 11.8. The summed E-state index contributed by atoms with van der Waals surface area (Å²) in [6.07, 6.45) is 2.55. The molecule has 0 spiro atoms. The third kappa shape index (κ3) is 3.58. The van der Waals surface area contributed by atoms with Gasteiger partial charge in [-0.2, -0.15) is 0 Å². The largest absolute Gasteiger partial charge is 0.503 e. The van der Waals surface area contributed by atoms with Gasteiger partial charge in [0.05, 0.1) is 6.20 Å². The van der Waals surface area contributed by atoms with E-state index in [0.717, 1.165) is 51.4 Å². The van der Waals surface area contributed by atoms with E-state index in [1.165, 1.54) is 0 Å². The quantitative estimate of drug-likeness (QED) is 0.871. The third-order valence-corrected chi connectivity index (χ3v) is 3.64. The molecule has 2 rings (SSSR count). The number of pyridine rings is 1. The number of rotatable bonds is 4. The van der Waals surface area contributed by atoms with Crippen LogP contribution in [-0.2, 0) is 13.1 Å². The molecule has 1 aromatic heterocycles. The van der Waals surface area contributed by atoms with Gasteiger partial charge in [0.2, 0.25) is 5.43 Å². The molecule has 0 bridgehead atoms. The molecule has 5 nitrogen and oxygen atoms in total. The number of aryl methyl sites for hydroxylation is 1. The molecule has 5 heteroatoms. The Labute approximate surface area is 114 Å². The monoisotopic (exact) mass is 265 g/mol. The van der Waals surface area contributed by atoms with Crippen molar-refractivity contribution in [1.29, 1.82) is 0 Å². The van der Waals surface area contributed by atoms with Crippen molar-refractivity contribution in [3.05, 3.63) is 28.2 Å². The maximum Gasteiger partial charge on any atom is 0.223 e. The number of hydrogen-bond donors (Lipinski definition) is 1. The number of piperazine rings is 1.